The number of rotatable bonds is 3. The highest BCUT2D eigenvalue weighted by molar-refractivity contribution is 5.80. The van der Waals surface area contributed by atoms with E-state index >= 15 is 0 Å². The number of esters is 1. The standard InChI is InChI=1S/C14H25NO2/c1-3-11-6-4-7-12(10-11)17-13(16)14(2)8-5-9-15-14/h11-12,15H,3-10H2,1-2H3. The third-order valence-corrected chi connectivity index (χ3v) is 4.40. The highest BCUT2D eigenvalue weighted by atomic mass is 16.5. The topological polar surface area (TPSA) is 38.3 Å². The number of hydrogen-bond acceptors (Lipinski definition) is 3. The minimum atomic E-state index is -0.418. The number of carbonyl (C=O) groups is 1. The molecule has 2 aliphatic rings. The fourth-order valence-corrected chi connectivity index (χ4v) is 3.07. The zero-order valence-corrected chi connectivity index (χ0v) is 11.1. The Morgan fingerprint density at radius 2 is 2.24 bits per heavy atom. The maximum atomic E-state index is 12.1. The largest absolute Gasteiger partial charge is 0.461 e. The Morgan fingerprint density at radius 3 is 2.88 bits per heavy atom. The average molecular weight is 239 g/mol. The Morgan fingerprint density at radius 1 is 1.41 bits per heavy atom. The van der Waals surface area contributed by atoms with Crippen molar-refractivity contribution >= 4 is 5.97 Å². The summed E-state index contributed by atoms with van der Waals surface area (Å²) in [4.78, 5) is 12.1. The first kappa shape index (κ1) is 12.9. The van der Waals surface area contributed by atoms with Crippen LogP contribution in [-0.4, -0.2) is 24.2 Å². The molecule has 1 aliphatic heterocycles. The highest BCUT2D eigenvalue weighted by Gasteiger charge is 2.39. The summed E-state index contributed by atoms with van der Waals surface area (Å²) >= 11 is 0. The van der Waals surface area contributed by atoms with Crippen LogP contribution >= 0.6 is 0 Å². The van der Waals surface area contributed by atoms with Gasteiger partial charge in [0.1, 0.15) is 11.6 Å². The van der Waals surface area contributed by atoms with Crippen LogP contribution in [0.3, 0.4) is 0 Å². The van der Waals surface area contributed by atoms with Crippen LogP contribution < -0.4 is 5.32 Å². The lowest BCUT2D eigenvalue weighted by atomic mass is 9.85. The van der Waals surface area contributed by atoms with Crippen molar-refractivity contribution in [2.75, 3.05) is 6.54 Å². The van der Waals surface area contributed by atoms with Crippen molar-refractivity contribution in [1.82, 2.24) is 5.32 Å². The first-order valence-corrected chi connectivity index (χ1v) is 7.10. The van der Waals surface area contributed by atoms with E-state index < -0.39 is 5.54 Å². The third-order valence-electron chi connectivity index (χ3n) is 4.40. The lowest BCUT2D eigenvalue weighted by Gasteiger charge is -2.31. The van der Waals surface area contributed by atoms with Crippen LogP contribution in [0.4, 0.5) is 0 Å². The van der Waals surface area contributed by atoms with Gasteiger partial charge in [-0.1, -0.05) is 19.8 Å². The monoisotopic (exact) mass is 239 g/mol. The number of nitrogens with one attached hydrogen (secondary N) is 1. The van der Waals surface area contributed by atoms with Crippen molar-refractivity contribution in [3.05, 3.63) is 0 Å². The lowest BCUT2D eigenvalue weighted by Crippen LogP contribution is -2.47. The number of ether oxygens (including phenoxy) is 1. The second kappa shape index (κ2) is 5.38. The Hall–Kier alpha value is -0.570. The van der Waals surface area contributed by atoms with Gasteiger partial charge in [0.15, 0.2) is 0 Å². The smallest absolute Gasteiger partial charge is 0.326 e. The second-order valence-electron chi connectivity index (χ2n) is 5.83. The van der Waals surface area contributed by atoms with Gasteiger partial charge in [-0.25, -0.2) is 0 Å². The molecule has 0 spiro atoms. The maximum absolute atomic E-state index is 12.1. The molecule has 98 valence electrons. The van der Waals surface area contributed by atoms with Gasteiger partial charge in [-0.15, -0.1) is 0 Å². The molecule has 0 bridgehead atoms. The summed E-state index contributed by atoms with van der Waals surface area (Å²) in [6, 6.07) is 0. The highest BCUT2D eigenvalue weighted by Crippen LogP contribution is 2.30. The van der Waals surface area contributed by atoms with Crippen molar-refractivity contribution in [1.29, 1.82) is 0 Å². The maximum Gasteiger partial charge on any atom is 0.326 e. The van der Waals surface area contributed by atoms with Crippen LogP contribution in [0.5, 0.6) is 0 Å². The van der Waals surface area contributed by atoms with Gasteiger partial charge >= 0.3 is 5.97 Å². The average Bonchev–Trinajstić information content (AvgIpc) is 2.78. The van der Waals surface area contributed by atoms with E-state index in [2.05, 4.69) is 12.2 Å². The van der Waals surface area contributed by atoms with Gasteiger partial charge in [0.05, 0.1) is 0 Å². The molecule has 0 aromatic carbocycles. The Labute approximate surface area is 104 Å². The van der Waals surface area contributed by atoms with E-state index in [1.54, 1.807) is 0 Å². The summed E-state index contributed by atoms with van der Waals surface area (Å²) in [5.41, 5.74) is -0.418. The first-order chi connectivity index (χ1) is 8.14. The summed E-state index contributed by atoms with van der Waals surface area (Å²) in [6.45, 7) is 5.14. The van der Waals surface area contributed by atoms with Gasteiger partial charge in [0.25, 0.3) is 0 Å². The number of hydrogen-bond donors (Lipinski definition) is 1. The van der Waals surface area contributed by atoms with Crippen molar-refractivity contribution in [2.24, 2.45) is 5.92 Å². The predicted molar refractivity (Wildman–Crippen MR) is 67.8 cm³/mol. The quantitative estimate of drug-likeness (QED) is 0.769. The van der Waals surface area contributed by atoms with Gasteiger partial charge in [0.2, 0.25) is 0 Å². The normalized spacial score (nSPS) is 38.0. The van der Waals surface area contributed by atoms with Gasteiger partial charge in [0, 0.05) is 0 Å². The number of carbonyl (C=O) groups excluding carboxylic acids is 1. The van der Waals surface area contributed by atoms with Crippen LogP contribution in [0.15, 0.2) is 0 Å². The van der Waals surface area contributed by atoms with E-state index in [0.717, 1.165) is 38.1 Å². The van der Waals surface area contributed by atoms with E-state index in [0.29, 0.717) is 0 Å². The minimum Gasteiger partial charge on any atom is -0.461 e. The summed E-state index contributed by atoms with van der Waals surface area (Å²) in [7, 11) is 0. The Bertz CT molecular complexity index is 271. The molecule has 0 radical (unpaired) electrons. The van der Waals surface area contributed by atoms with Crippen molar-refractivity contribution in [3.63, 3.8) is 0 Å². The zero-order valence-electron chi connectivity index (χ0n) is 11.1. The summed E-state index contributed by atoms with van der Waals surface area (Å²) in [5, 5.41) is 3.27. The fourth-order valence-electron chi connectivity index (χ4n) is 3.07. The van der Waals surface area contributed by atoms with E-state index in [1.165, 1.54) is 19.3 Å². The van der Waals surface area contributed by atoms with Crippen LogP contribution in [0.2, 0.25) is 0 Å². The molecular formula is C14H25NO2. The van der Waals surface area contributed by atoms with E-state index in [1.807, 2.05) is 6.92 Å². The van der Waals surface area contributed by atoms with E-state index in [4.69, 9.17) is 4.74 Å². The van der Waals surface area contributed by atoms with E-state index in [9.17, 15) is 4.79 Å². The molecule has 1 saturated carbocycles. The molecule has 1 saturated heterocycles. The van der Waals surface area contributed by atoms with Gasteiger partial charge in [-0.2, -0.15) is 0 Å². The predicted octanol–water partition coefficient (Wildman–Crippen LogP) is 2.64. The Kier molecular flexibility index (Phi) is 4.08. The molecule has 2 rings (SSSR count). The molecule has 3 nitrogen and oxygen atoms in total. The minimum absolute atomic E-state index is 0.0308. The van der Waals surface area contributed by atoms with Crippen LogP contribution in [0, 0.1) is 5.92 Å². The van der Waals surface area contributed by atoms with Gasteiger partial charge < -0.3 is 10.1 Å². The molecule has 0 amide bonds. The van der Waals surface area contributed by atoms with Gasteiger partial charge in [-0.05, 0) is 51.5 Å². The fraction of sp³-hybridized carbons (Fsp3) is 0.929. The van der Waals surface area contributed by atoms with E-state index in [-0.39, 0.29) is 12.1 Å². The first-order valence-electron chi connectivity index (χ1n) is 7.10. The SMILES string of the molecule is CCC1CCCC(OC(=O)C2(C)CCCN2)C1. The van der Waals surface area contributed by atoms with Crippen molar-refractivity contribution < 1.29 is 9.53 Å². The molecule has 2 fully saturated rings. The van der Waals surface area contributed by atoms with Crippen LogP contribution in [-0.2, 0) is 9.53 Å². The molecule has 3 atom stereocenters. The summed E-state index contributed by atoms with van der Waals surface area (Å²) < 4.78 is 5.71. The molecule has 1 heterocycles. The molecule has 0 aromatic rings. The molecule has 3 unspecified atom stereocenters. The van der Waals surface area contributed by atoms with Crippen LogP contribution in [0.25, 0.3) is 0 Å². The van der Waals surface area contributed by atoms with Crippen molar-refractivity contribution in [3.8, 4) is 0 Å². The third kappa shape index (κ3) is 3.01. The molecule has 0 aromatic heterocycles. The van der Waals surface area contributed by atoms with Gasteiger partial charge in [-0.3, -0.25) is 4.79 Å². The molecule has 1 N–H and O–H groups in total. The van der Waals surface area contributed by atoms with Crippen molar-refractivity contribution in [2.45, 2.75) is 70.4 Å². The van der Waals surface area contributed by atoms with Crippen LogP contribution in [0.1, 0.15) is 58.8 Å². The Balaban J connectivity index is 1.85. The lowest BCUT2D eigenvalue weighted by molar-refractivity contribution is -0.158. The zero-order chi connectivity index (χ0) is 12.3. The molecule has 1 aliphatic carbocycles. The summed E-state index contributed by atoms with van der Waals surface area (Å²) in [5.74, 6) is 0.725. The molecular weight excluding hydrogens is 214 g/mol. The summed E-state index contributed by atoms with van der Waals surface area (Å²) in [6.07, 6.45) is 8.00. The second-order valence-corrected chi connectivity index (χ2v) is 5.83. The molecule has 3 heteroatoms. The molecule has 17 heavy (non-hydrogen) atoms.